The molecule has 1 rings (SSSR count). The molecule has 0 spiro atoms. The summed E-state index contributed by atoms with van der Waals surface area (Å²) in [7, 11) is 1.36. The molecule has 1 aromatic rings. The number of methoxy groups -OCH3 is 1. The third kappa shape index (κ3) is 6.27. The number of hydrogen-bond donors (Lipinski definition) is 3. The molecule has 1 aromatic carbocycles. The van der Waals surface area contributed by atoms with Crippen LogP contribution >= 0.6 is 35.4 Å². The van der Waals surface area contributed by atoms with Crippen molar-refractivity contribution in [3.05, 3.63) is 28.2 Å². The fraction of sp³-hybridized carbons (Fsp3) is 0.333. The van der Waals surface area contributed by atoms with E-state index in [-0.39, 0.29) is 5.97 Å². The van der Waals surface area contributed by atoms with Crippen LogP contribution in [0.15, 0.2) is 18.2 Å². The molecule has 0 fully saturated rings. The van der Waals surface area contributed by atoms with Gasteiger partial charge in [0.15, 0.2) is 5.11 Å². The van der Waals surface area contributed by atoms with E-state index < -0.39 is 0 Å². The molecule has 0 aliphatic rings. The lowest BCUT2D eigenvalue weighted by atomic mass is 10.3. The van der Waals surface area contributed by atoms with Crippen molar-refractivity contribution in [1.29, 1.82) is 0 Å². The Balaban J connectivity index is 2.22. The Morgan fingerprint density at radius 1 is 1.35 bits per heavy atom. The summed E-state index contributed by atoms with van der Waals surface area (Å²) in [6.45, 7) is 0.573. The number of nitrogens with one attached hydrogen (secondary N) is 3. The van der Waals surface area contributed by atoms with E-state index in [1.54, 1.807) is 18.2 Å². The normalized spacial score (nSPS) is 9.75. The highest BCUT2D eigenvalue weighted by Gasteiger charge is 2.01. The lowest BCUT2D eigenvalue weighted by molar-refractivity contribution is -0.140. The molecular formula is C12H15Cl2N3O2S. The molecule has 8 heteroatoms. The molecule has 0 radical (unpaired) electrons. The molecular weight excluding hydrogens is 321 g/mol. The molecule has 0 amide bonds. The molecule has 3 N–H and O–H groups in total. The Morgan fingerprint density at radius 2 is 2.10 bits per heavy atom. The highest BCUT2D eigenvalue weighted by Crippen LogP contribution is 2.24. The predicted molar refractivity (Wildman–Crippen MR) is 85.1 cm³/mol. The quantitative estimate of drug-likeness (QED) is 0.321. The maximum Gasteiger partial charge on any atom is 0.305 e. The smallest absolute Gasteiger partial charge is 0.305 e. The molecule has 0 bridgehead atoms. The van der Waals surface area contributed by atoms with E-state index in [1.807, 2.05) is 0 Å². The van der Waals surface area contributed by atoms with Gasteiger partial charge in [0.2, 0.25) is 0 Å². The maximum atomic E-state index is 10.9. The second kappa shape index (κ2) is 8.84. The van der Waals surface area contributed by atoms with Crippen LogP contribution in [0.5, 0.6) is 0 Å². The summed E-state index contributed by atoms with van der Waals surface area (Å²) >= 11 is 16.8. The van der Waals surface area contributed by atoms with Crippen molar-refractivity contribution in [2.24, 2.45) is 0 Å². The fourth-order valence-electron chi connectivity index (χ4n) is 1.28. The number of rotatable bonds is 6. The summed E-state index contributed by atoms with van der Waals surface area (Å²) in [5, 5.41) is 4.31. The van der Waals surface area contributed by atoms with Crippen LogP contribution in [0.2, 0.25) is 10.0 Å². The molecule has 0 saturated carbocycles. The van der Waals surface area contributed by atoms with Gasteiger partial charge < -0.3 is 10.1 Å². The third-order valence-electron chi connectivity index (χ3n) is 2.31. The van der Waals surface area contributed by atoms with Crippen molar-refractivity contribution in [1.82, 2.24) is 10.7 Å². The van der Waals surface area contributed by atoms with Crippen molar-refractivity contribution < 1.29 is 9.53 Å². The molecule has 5 nitrogen and oxygen atoms in total. The topological polar surface area (TPSA) is 62.4 Å². The first-order chi connectivity index (χ1) is 9.52. The van der Waals surface area contributed by atoms with Gasteiger partial charge in [-0.2, -0.15) is 0 Å². The summed E-state index contributed by atoms with van der Waals surface area (Å²) in [6.07, 6.45) is 0.994. The van der Waals surface area contributed by atoms with Gasteiger partial charge in [-0.25, -0.2) is 0 Å². The van der Waals surface area contributed by atoms with Crippen molar-refractivity contribution >= 4 is 52.2 Å². The lowest BCUT2D eigenvalue weighted by Gasteiger charge is -2.12. The minimum atomic E-state index is -0.236. The van der Waals surface area contributed by atoms with Crippen molar-refractivity contribution in [3.63, 3.8) is 0 Å². The molecule has 0 saturated heterocycles. The number of thiocarbonyl (C=S) groups is 1. The summed E-state index contributed by atoms with van der Waals surface area (Å²) < 4.78 is 4.53. The van der Waals surface area contributed by atoms with Crippen LogP contribution in [0, 0.1) is 0 Å². The van der Waals surface area contributed by atoms with Crippen LogP contribution in [0.3, 0.4) is 0 Å². The number of ether oxygens (including phenoxy) is 1. The van der Waals surface area contributed by atoms with E-state index >= 15 is 0 Å². The van der Waals surface area contributed by atoms with Gasteiger partial charge >= 0.3 is 5.97 Å². The highest BCUT2D eigenvalue weighted by molar-refractivity contribution is 7.80. The molecule has 0 unspecified atom stereocenters. The van der Waals surface area contributed by atoms with Crippen LogP contribution in [0.1, 0.15) is 12.8 Å². The van der Waals surface area contributed by atoms with Gasteiger partial charge in [-0.3, -0.25) is 15.6 Å². The number of anilines is 1. The zero-order valence-electron chi connectivity index (χ0n) is 10.8. The number of benzene rings is 1. The summed E-state index contributed by atoms with van der Waals surface area (Å²) in [6, 6.07) is 5.12. The monoisotopic (exact) mass is 335 g/mol. The van der Waals surface area contributed by atoms with E-state index in [0.717, 1.165) is 5.69 Å². The zero-order chi connectivity index (χ0) is 15.0. The van der Waals surface area contributed by atoms with E-state index in [2.05, 4.69) is 20.9 Å². The Kier molecular flexibility index (Phi) is 7.43. The minimum absolute atomic E-state index is 0.236. The molecule has 0 aliphatic carbocycles. The summed E-state index contributed by atoms with van der Waals surface area (Å²) in [4.78, 5) is 10.9. The van der Waals surface area contributed by atoms with Crippen LogP contribution in [-0.4, -0.2) is 24.7 Å². The van der Waals surface area contributed by atoms with E-state index in [0.29, 0.717) is 34.5 Å². The number of halogens is 2. The second-order valence-electron chi connectivity index (χ2n) is 3.81. The van der Waals surface area contributed by atoms with E-state index in [4.69, 9.17) is 35.4 Å². The molecule has 0 heterocycles. The number of hydrazine groups is 1. The largest absolute Gasteiger partial charge is 0.469 e. The highest BCUT2D eigenvalue weighted by atomic mass is 35.5. The Labute approximate surface area is 132 Å². The third-order valence-corrected chi connectivity index (χ3v) is 3.30. The average molecular weight is 336 g/mol. The minimum Gasteiger partial charge on any atom is -0.469 e. The fourth-order valence-corrected chi connectivity index (χ4v) is 1.73. The first-order valence-electron chi connectivity index (χ1n) is 5.84. The number of hydrogen-bond acceptors (Lipinski definition) is 4. The first-order valence-corrected chi connectivity index (χ1v) is 7.01. The SMILES string of the molecule is COC(=O)CCCNC(=S)NNc1ccc(Cl)c(Cl)c1. The van der Waals surface area contributed by atoms with Crippen LogP contribution in [0.4, 0.5) is 5.69 Å². The standard InChI is InChI=1S/C12H15Cl2N3O2S/c1-19-11(18)3-2-6-15-12(20)17-16-8-4-5-9(13)10(14)7-8/h4-5,7,16H,2-3,6H2,1H3,(H2,15,17,20). The van der Waals surface area contributed by atoms with Crippen molar-refractivity contribution in [2.45, 2.75) is 12.8 Å². The Hall–Kier alpha value is -1.24. The number of carbonyl (C=O) groups excluding carboxylic acids is 1. The molecule has 0 aromatic heterocycles. The number of esters is 1. The predicted octanol–water partition coefficient (Wildman–Crippen LogP) is 2.74. The van der Waals surface area contributed by atoms with Gasteiger partial charge in [-0.1, -0.05) is 23.2 Å². The van der Waals surface area contributed by atoms with Crippen LogP contribution in [-0.2, 0) is 9.53 Å². The number of carbonyl (C=O) groups is 1. The zero-order valence-corrected chi connectivity index (χ0v) is 13.2. The van der Waals surface area contributed by atoms with Gasteiger partial charge in [0, 0.05) is 13.0 Å². The first kappa shape index (κ1) is 16.8. The Bertz CT molecular complexity index is 486. The van der Waals surface area contributed by atoms with Gasteiger partial charge in [0.05, 0.1) is 22.8 Å². The van der Waals surface area contributed by atoms with Crippen LogP contribution < -0.4 is 16.2 Å². The molecule has 0 atom stereocenters. The second-order valence-corrected chi connectivity index (χ2v) is 5.04. The lowest BCUT2D eigenvalue weighted by Crippen LogP contribution is -2.39. The summed E-state index contributed by atoms with van der Waals surface area (Å²) in [5.41, 5.74) is 6.42. The van der Waals surface area contributed by atoms with Crippen molar-refractivity contribution in [3.8, 4) is 0 Å². The van der Waals surface area contributed by atoms with Gasteiger partial charge in [-0.15, -0.1) is 0 Å². The van der Waals surface area contributed by atoms with Crippen molar-refractivity contribution in [2.75, 3.05) is 19.1 Å². The maximum absolute atomic E-state index is 10.9. The average Bonchev–Trinajstić information content (AvgIpc) is 2.44. The molecule has 0 aliphatic heterocycles. The molecule has 110 valence electrons. The molecule has 20 heavy (non-hydrogen) atoms. The summed E-state index contributed by atoms with van der Waals surface area (Å²) in [5.74, 6) is -0.236. The van der Waals surface area contributed by atoms with E-state index in [1.165, 1.54) is 7.11 Å². The Morgan fingerprint density at radius 3 is 2.75 bits per heavy atom. The van der Waals surface area contributed by atoms with Crippen LogP contribution in [0.25, 0.3) is 0 Å². The van der Waals surface area contributed by atoms with Gasteiger partial charge in [0.1, 0.15) is 0 Å². The van der Waals surface area contributed by atoms with Gasteiger partial charge in [-0.05, 0) is 36.8 Å². The van der Waals surface area contributed by atoms with Gasteiger partial charge in [0.25, 0.3) is 0 Å². The van der Waals surface area contributed by atoms with E-state index in [9.17, 15) is 4.79 Å².